The smallest absolute Gasteiger partial charge is 0.250 e. The van der Waals surface area contributed by atoms with Crippen molar-refractivity contribution in [3.05, 3.63) is 17.8 Å². The van der Waals surface area contributed by atoms with Crippen LogP contribution in [0.5, 0.6) is 0 Å². The van der Waals surface area contributed by atoms with E-state index in [4.69, 9.17) is 11.5 Å². The van der Waals surface area contributed by atoms with Crippen LogP contribution in [0.4, 0.5) is 11.5 Å². The number of pyridine rings is 1. The number of rotatable bonds is 2. The monoisotopic (exact) mass is 234 g/mol. The normalized spacial score (nSPS) is 18.4. The molecule has 1 aromatic rings. The first kappa shape index (κ1) is 11.7. The second-order valence-corrected chi connectivity index (χ2v) is 5.06. The average molecular weight is 234 g/mol. The Labute approximate surface area is 101 Å². The van der Waals surface area contributed by atoms with E-state index in [1.807, 2.05) is 0 Å². The van der Waals surface area contributed by atoms with Gasteiger partial charge in [0.25, 0.3) is 5.91 Å². The van der Waals surface area contributed by atoms with Gasteiger partial charge in [0.2, 0.25) is 0 Å². The van der Waals surface area contributed by atoms with E-state index in [2.05, 4.69) is 23.7 Å². The molecule has 1 aliphatic heterocycles. The van der Waals surface area contributed by atoms with Crippen LogP contribution in [-0.2, 0) is 0 Å². The minimum atomic E-state index is -0.511. The second-order valence-electron chi connectivity index (χ2n) is 5.06. The third kappa shape index (κ3) is 2.05. The van der Waals surface area contributed by atoms with Gasteiger partial charge in [-0.2, -0.15) is 0 Å². The topological polar surface area (TPSA) is 85.2 Å². The molecule has 5 nitrogen and oxygen atoms in total. The molecular weight excluding hydrogens is 216 g/mol. The number of amides is 1. The number of aromatic nitrogens is 1. The Bertz CT molecular complexity index is 456. The summed E-state index contributed by atoms with van der Waals surface area (Å²) < 4.78 is 0. The fourth-order valence-electron chi connectivity index (χ4n) is 2.35. The van der Waals surface area contributed by atoms with E-state index in [1.54, 1.807) is 6.07 Å². The van der Waals surface area contributed by atoms with Crippen LogP contribution in [0, 0.1) is 0 Å². The van der Waals surface area contributed by atoms with Gasteiger partial charge in [0.05, 0.1) is 17.4 Å². The minimum Gasteiger partial charge on any atom is -0.397 e. The van der Waals surface area contributed by atoms with Gasteiger partial charge in [0.15, 0.2) is 0 Å². The lowest BCUT2D eigenvalue weighted by Gasteiger charge is -2.32. The average Bonchev–Trinajstić information content (AvgIpc) is 2.58. The Morgan fingerprint density at radius 2 is 2.24 bits per heavy atom. The number of hydrogen-bond donors (Lipinski definition) is 2. The summed E-state index contributed by atoms with van der Waals surface area (Å²) >= 11 is 0. The van der Waals surface area contributed by atoms with Gasteiger partial charge in [-0.1, -0.05) is 0 Å². The van der Waals surface area contributed by atoms with Crippen LogP contribution in [0.2, 0.25) is 0 Å². The van der Waals surface area contributed by atoms with Gasteiger partial charge in [0, 0.05) is 12.1 Å². The van der Waals surface area contributed by atoms with Crippen molar-refractivity contribution in [3.63, 3.8) is 0 Å². The molecule has 0 bridgehead atoms. The molecule has 1 fully saturated rings. The lowest BCUT2D eigenvalue weighted by atomic mass is 10.0. The van der Waals surface area contributed by atoms with Crippen LogP contribution in [0.25, 0.3) is 0 Å². The maximum Gasteiger partial charge on any atom is 0.250 e. The minimum absolute atomic E-state index is 0.0675. The molecule has 92 valence electrons. The van der Waals surface area contributed by atoms with Crippen molar-refractivity contribution >= 4 is 17.4 Å². The van der Waals surface area contributed by atoms with Crippen molar-refractivity contribution in [2.75, 3.05) is 17.2 Å². The van der Waals surface area contributed by atoms with Gasteiger partial charge in [-0.05, 0) is 32.8 Å². The van der Waals surface area contributed by atoms with E-state index >= 15 is 0 Å². The molecule has 0 aliphatic carbocycles. The predicted octanol–water partition coefficient (Wildman–Crippen LogP) is 1.14. The lowest BCUT2D eigenvalue weighted by molar-refractivity contribution is 0.100. The first-order chi connectivity index (χ1) is 7.92. The molecule has 17 heavy (non-hydrogen) atoms. The fourth-order valence-corrected chi connectivity index (χ4v) is 2.35. The number of anilines is 2. The summed E-state index contributed by atoms with van der Waals surface area (Å²) in [6, 6.07) is 1.69. The SMILES string of the molecule is CC1(C)CCCN1c1cc(C(N)=O)c(N)cn1. The number of hydrogen-bond acceptors (Lipinski definition) is 4. The molecule has 0 radical (unpaired) electrons. The highest BCUT2D eigenvalue weighted by atomic mass is 16.1. The molecule has 4 N–H and O–H groups in total. The van der Waals surface area contributed by atoms with Crippen LogP contribution in [-0.4, -0.2) is 23.0 Å². The standard InChI is InChI=1S/C12H18N4O/c1-12(2)4-3-5-16(12)10-6-8(11(14)17)9(13)7-15-10/h6-7H,3-5,13H2,1-2H3,(H2,14,17). The van der Waals surface area contributed by atoms with Crippen LogP contribution in [0.1, 0.15) is 37.0 Å². The molecule has 1 amide bonds. The number of carbonyl (C=O) groups excluding carboxylic acids is 1. The fraction of sp³-hybridized carbons (Fsp3) is 0.500. The summed E-state index contributed by atoms with van der Waals surface area (Å²) in [6.45, 7) is 5.28. The van der Waals surface area contributed by atoms with E-state index in [0.29, 0.717) is 11.3 Å². The van der Waals surface area contributed by atoms with Crippen molar-refractivity contribution in [1.82, 2.24) is 4.98 Å². The zero-order valence-electron chi connectivity index (χ0n) is 10.2. The summed E-state index contributed by atoms with van der Waals surface area (Å²) in [6.07, 6.45) is 3.75. The first-order valence-corrected chi connectivity index (χ1v) is 5.75. The number of primary amides is 1. The van der Waals surface area contributed by atoms with Gasteiger partial charge >= 0.3 is 0 Å². The summed E-state index contributed by atoms with van der Waals surface area (Å²) in [5.74, 6) is 0.263. The van der Waals surface area contributed by atoms with E-state index < -0.39 is 5.91 Å². The van der Waals surface area contributed by atoms with Gasteiger partial charge < -0.3 is 16.4 Å². The molecule has 0 aromatic carbocycles. The number of carbonyl (C=O) groups is 1. The molecule has 2 rings (SSSR count). The number of nitrogens with zero attached hydrogens (tertiary/aromatic N) is 2. The van der Waals surface area contributed by atoms with Gasteiger partial charge in [-0.3, -0.25) is 4.79 Å². The van der Waals surface area contributed by atoms with Crippen molar-refractivity contribution < 1.29 is 4.79 Å². The van der Waals surface area contributed by atoms with Crippen molar-refractivity contribution in [2.45, 2.75) is 32.2 Å². The maximum atomic E-state index is 11.2. The zero-order chi connectivity index (χ0) is 12.6. The highest BCUT2D eigenvalue weighted by Crippen LogP contribution is 2.33. The molecular formula is C12H18N4O. The molecule has 2 heterocycles. The summed E-state index contributed by atoms with van der Waals surface area (Å²) in [7, 11) is 0. The number of nitrogen functional groups attached to an aromatic ring is 1. The summed E-state index contributed by atoms with van der Waals surface area (Å²) in [5.41, 5.74) is 11.7. The molecule has 0 spiro atoms. The third-order valence-corrected chi connectivity index (χ3v) is 3.36. The van der Waals surface area contributed by atoms with Crippen LogP contribution in [0.15, 0.2) is 12.3 Å². The van der Waals surface area contributed by atoms with E-state index in [9.17, 15) is 4.79 Å². The Kier molecular flexibility index (Phi) is 2.69. The van der Waals surface area contributed by atoms with E-state index in [1.165, 1.54) is 6.20 Å². The Morgan fingerprint density at radius 3 is 2.76 bits per heavy atom. The Hall–Kier alpha value is -1.78. The molecule has 1 aromatic heterocycles. The highest BCUT2D eigenvalue weighted by Gasteiger charge is 2.33. The first-order valence-electron chi connectivity index (χ1n) is 5.75. The predicted molar refractivity (Wildman–Crippen MR) is 67.8 cm³/mol. The Balaban J connectivity index is 2.40. The molecule has 0 saturated carbocycles. The van der Waals surface area contributed by atoms with Crippen molar-refractivity contribution in [3.8, 4) is 0 Å². The van der Waals surface area contributed by atoms with Crippen LogP contribution < -0.4 is 16.4 Å². The molecule has 1 saturated heterocycles. The van der Waals surface area contributed by atoms with Gasteiger partial charge in [0.1, 0.15) is 5.82 Å². The maximum absolute atomic E-state index is 11.2. The van der Waals surface area contributed by atoms with Crippen molar-refractivity contribution in [2.24, 2.45) is 5.73 Å². The highest BCUT2D eigenvalue weighted by molar-refractivity contribution is 5.98. The summed E-state index contributed by atoms with van der Waals surface area (Å²) in [4.78, 5) is 17.7. The lowest BCUT2D eigenvalue weighted by Crippen LogP contribution is -2.38. The molecule has 0 unspecified atom stereocenters. The number of nitrogens with two attached hydrogens (primary N) is 2. The van der Waals surface area contributed by atoms with Crippen LogP contribution in [0.3, 0.4) is 0 Å². The molecule has 0 atom stereocenters. The van der Waals surface area contributed by atoms with E-state index in [-0.39, 0.29) is 5.54 Å². The van der Waals surface area contributed by atoms with Gasteiger partial charge in [-0.25, -0.2) is 4.98 Å². The summed E-state index contributed by atoms with van der Waals surface area (Å²) in [5, 5.41) is 0. The zero-order valence-corrected chi connectivity index (χ0v) is 10.2. The Morgan fingerprint density at radius 1 is 1.53 bits per heavy atom. The van der Waals surface area contributed by atoms with Gasteiger partial charge in [-0.15, -0.1) is 0 Å². The molecule has 1 aliphatic rings. The second kappa shape index (κ2) is 3.91. The van der Waals surface area contributed by atoms with Crippen LogP contribution >= 0.6 is 0 Å². The quantitative estimate of drug-likeness (QED) is 0.803. The largest absolute Gasteiger partial charge is 0.397 e. The third-order valence-electron chi connectivity index (χ3n) is 3.36. The van der Waals surface area contributed by atoms with E-state index in [0.717, 1.165) is 25.2 Å². The molecule has 5 heteroatoms. The van der Waals surface area contributed by atoms with Crippen molar-refractivity contribution in [1.29, 1.82) is 0 Å².